The topological polar surface area (TPSA) is 56.8 Å². The van der Waals surface area contributed by atoms with Gasteiger partial charge in [0.2, 0.25) is 5.91 Å². The van der Waals surface area contributed by atoms with Crippen LogP contribution in [0.3, 0.4) is 0 Å². The highest BCUT2D eigenvalue weighted by Gasteiger charge is 2.63. The standard InChI is InChI=1S/C21H22BrNO4/c1-3-26-13-9-7-12(8-10-13)16(11-25-2)23-21(24)18-17-14-5-4-6-15(22)19(14)27-20(17)18/h4-10,16-18,20H,3,11H2,1-2H3,(H,23,24)/t16-,17?,18+,20?/m0/s1. The summed E-state index contributed by atoms with van der Waals surface area (Å²) in [6.07, 6.45) is -0.0674. The van der Waals surface area contributed by atoms with E-state index in [2.05, 4.69) is 21.2 Å². The van der Waals surface area contributed by atoms with Crippen LogP contribution in [-0.4, -0.2) is 32.3 Å². The van der Waals surface area contributed by atoms with Crippen molar-refractivity contribution in [3.8, 4) is 11.5 Å². The van der Waals surface area contributed by atoms with Crippen LogP contribution >= 0.6 is 15.9 Å². The van der Waals surface area contributed by atoms with E-state index in [0.717, 1.165) is 27.1 Å². The molecule has 2 unspecified atom stereocenters. The number of halogens is 1. The van der Waals surface area contributed by atoms with Gasteiger partial charge in [-0.05, 0) is 46.6 Å². The maximum atomic E-state index is 12.9. The Hall–Kier alpha value is -2.05. The summed E-state index contributed by atoms with van der Waals surface area (Å²) in [4.78, 5) is 12.9. The molecule has 0 radical (unpaired) electrons. The lowest BCUT2D eigenvalue weighted by Gasteiger charge is -2.19. The third-order valence-corrected chi connectivity index (χ3v) is 5.73. The van der Waals surface area contributed by atoms with Gasteiger partial charge in [-0.25, -0.2) is 0 Å². The van der Waals surface area contributed by atoms with Crippen LogP contribution in [0.5, 0.6) is 11.5 Å². The normalized spacial score (nSPS) is 23.0. The summed E-state index contributed by atoms with van der Waals surface area (Å²) in [5.74, 6) is 1.69. The maximum Gasteiger partial charge on any atom is 0.228 e. The van der Waals surface area contributed by atoms with Gasteiger partial charge in [-0.2, -0.15) is 0 Å². The molecule has 2 aromatic carbocycles. The molecule has 2 aliphatic rings. The number of para-hydroxylation sites is 1. The molecule has 142 valence electrons. The van der Waals surface area contributed by atoms with Gasteiger partial charge in [0.05, 0.1) is 29.6 Å². The summed E-state index contributed by atoms with van der Waals surface area (Å²) in [5.41, 5.74) is 2.10. The Kier molecular flexibility index (Phi) is 5.10. The average molecular weight is 432 g/mol. The van der Waals surface area contributed by atoms with Gasteiger partial charge >= 0.3 is 0 Å². The van der Waals surface area contributed by atoms with Crippen molar-refractivity contribution in [1.29, 1.82) is 0 Å². The number of hydrogen-bond donors (Lipinski definition) is 1. The van der Waals surface area contributed by atoms with Crippen LogP contribution in [0.1, 0.15) is 30.0 Å². The number of fused-ring (bicyclic) bond motifs is 3. The van der Waals surface area contributed by atoms with E-state index in [-0.39, 0.29) is 29.9 Å². The van der Waals surface area contributed by atoms with Crippen LogP contribution in [0.2, 0.25) is 0 Å². The predicted octanol–water partition coefficient (Wildman–Crippen LogP) is 3.83. The Balaban J connectivity index is 1.45. The predicted molar refractivity (Wildman–Crippen MR) is 105 cm³/mol. The first-order chi connectivity index (χ1) is 13.1. The maximum absolute atomic E-state index is 12.9. The van der Waals surface area contributed by atoms with E-state index in [4.69, 9.17) is 14.2 Å². The Labute approximate surface area is 167 Å². The SMILES string of the molecule is CCOc1ccc([C@H](COC)NC(=O)[C@H]2C3Oc4c(Br)cccc4C32)cc1. The number of amides is 1. The molecule has 1 aliphatic heterocycles. The van der Waals surface area contributed by atoms with Crippen LogP contribution in [0, 0.1) is 5.92 Å². The zero-order chi connectivity index (χ0) is 19.0. The van der Waals surface area contributed by atoms with Gasteiger partial charge in [-0.1, -0.05) is 24.3 Å². The molecule has 4 atom stereocenters. The molecule has 6 heteroatoms. The summed E-state index contributed by atoms with van der Waals surface area (Å²) in [6, 6.07) is 13.5. The van der Waals surface area contributed by atoms with Crippen molar-refractivity contribution < 1.29 is 19.0 Å². The third-order valence-electron chi connectivity index (χ3n) is 5.11. The summed E-state index contributed by atoms with van der Waals surface area (Å²) in [5, 5.41) is 3.13. The first kappa shape index (κ1) is 18.3. The van der Waals surface area contributed by atoms with Crippen molar-refractivity contribution in [2.24, 2.45) is 5.92 Å². The molecular formula is C21H22BrNO4. The Morgan fingerprint density at radius 3 is 2.74 bits per heavy atom. The number of benzene rings is 2. The number of rotatable bonds is 7. The molecule has 0 spiro atoms. The largest absolute Gasteiger partial charge is 0.494 e. The van der Waals surface area contributed by atoms with Crippen LogP contribution in [0.25, 0.3) is 0 Å². The van der Waals surface area contributed by atoms with E-state index in [1.54, 1.807) is 7.11 Å². The number of methoxy groups -OCH3 is 1. The minimum atomic E-state index is -0.207. The van der Waals surface area contributed by atoms with E-state index in [1.165, 1.54) is 0 Å². The Morgan fingerprint density at radius 1 is 1.26 bits per heavy atom. The molecule has 1 fully saturated rings. The van der Waals surface area contributed by atoms with Crippen molar-refractivity contribution >= 4 is 21.8 Å². The lowest BCUT2D eigenvalue weighted by molar-refractivity contribution is -0.124. The summed E-state index contributed by atoms with van der Waals surface area (Å²) >= 11 is 3.51. The molecule has 5 nitrogen and oxygen atoms in total. The number of hydrogen-bond acceptors (Lipinski definition) is 4. The van der Waals surface area contributed by atoms with Gasteiger partial charge < -0.3 is 19.5 Å². The van der Waals surface area contributed by atoms with Crippen molar-refractivity contribution in [3.05, 3.63) is 58.1 Å². The molecule has 2 aromatic rings. The lowest BCUT2D eigenvalue weighted by atomic mass is 10.1. The smallest absolute Gasteiger partial charge is 0.228 e. The minimum Gasteiger partial charge on any atom is -0.494 e. The zero-order valence-electron chi connectivity index (χ0n) is 15.3. The van der Waals surface area contributed by atoms with Crippen molar-refractivity contribution in [1.82, 2.24) is 5.32 Å². The highest BCUT2D eigenvalue weighted by Crippen LogP contribution is 2.59. The number of nitrogens with one attached hydrogen (secondary N) is 1. The summed E-state index contributed by atoms with van der Waals surface area (Å²) < 4.78 is 17.7. The Bertz CT molecular complexity index is 839. The van der Waals surface area contributed by atoms with Crippen molar-refractivity contribution in [3.63, 3.8) is 0 Å². The second-order valence-electron chi connectivity index (χ2n) is 6.81. The van der Waals surface area contributed by atoms with Gasteiger partial charge in [0, 0.05) is 18.6 Å². The van der Waals surface area contributed by atoms with Gasteiger partial charge in [0.15, 0.2) is 0 Å². The highest BCUT2D eigenvalue weighted by atomic mass is 79.9. The summed E-state index contributed by atoms with van der Waals surface area (Å²) in [6.45, 7) is 2.98. The van der Waals surface area contributed by atoms with Gasteiger partial charge in [-0.3, -0.25) is 4.79 Å². The molecule has 1 N–H and O–H groups in total. The molecule has 1 heterocycles. The lowest BCUT2D eigenvalue weighted by Crippen LogP contribution is -2.34. The Morgan fingerprint density at radius 2 is 2.04 bits per heavy atom. The van der Waals surface area contributed by atoms with Gasteiger partial charge in [0.1, 0.15) is 17.6 Å². The van der Waals surface area contributed by atoms with Crippen molar-refractivity contribution in [2.45, 2.75) is 25.0 Å². The molecule has 27 heavy (non-hydrogen) atoms. The second-order valence-corrected chi connectivity index (χ2v) is 7.67. The molecule has 0 saturated heterocycles. The van der Waals surface area contributed by atoms with Crippen LogP contribution in [0.4, 0.5) is 0 Å². The number of carbonyl (C=O) groups excluding carboxylic acids is 1. The van der Waals surface area contributed by atoms with Crippen LogP contribution in [-0.2, 0) is 9.53 Å². The van der Waals surface area contributed by atoms with Crippen molar-refractivity contribution in [2.75, 3.05) is 20.3 Å². The van der Waals surface area contributed by atoms with Crippen LogP contribution in [0.15, 0.2) is 46.9 Å². The molecule has 1 saturated carbocycles. The monoisotopic (exact) mass is 431 g/mol. The molecule has 0 aromatic heterocycles. The summed E-state index contributed by atoms with van der Waals surface area (Å²) in [7, 11) is 1.64. The molecule has 4 rings (SSSR count). The first-order valence-electron chi connectivity index (χ1n) is 9.11. The fourth-order valence-corrected chi connectivity index (χ4v) is 4.25. The molecule has 1 amide bonds. The fourth-order valence-electron chi connectivity index (χ4n) is 3.78. The van der Waals surface area contributed by atoms with E-state index in [0.29, 0.717) is 13.2 Å². The molecule has 0 bridgehead atoms. The third kappa shape index (κ3) is 3.44. The van der Waals surface area contributed by atoms with Gasteiger partial charge in [0.25, 0.3) is 0 Å². The number of carbonyl (C=O) groups is 1. The van der Waals surface area contributed by atoms with E-state index in [9.17, 15) is 4.79 Å². The molecular weight excluding hydrogens is 410 g/mol. The zero-order valence-corrected chi connectivity index (χ0v) is 16.9. The van der Waals surface area contributed by atoms with E-state index >= 15 is 0 Å². The highest BCUT2D eigenvalue weighted by molar-refractivity contribution is 9.10. The van der Waals surface area contributed by atoms with Crippen LogP contribution < -0.4 is 14.8 Å². The quantitative estimate of drug-likeness (QED) is 0.723. The van der Waals surface area contributed by atoms with Gasteiger partial charge in [-0.15, -0.1) is 0 Å². The average Bonchev–Trinajstić information content (AvgIpc) is 3.25. The second kappa shape index (κ2) is 7.52. The first-order valence-corrected chi connectivity index (χ1v) is 9.90. The number of ether oxygens (including phenoxy) is 3. The van der Waals surface area contributed by atoms with E-state index < -0.39 is 0 Å². The minimum absolute atomic E-state index is 0.00607. The fraction of sp³-hybridized carbons (Fsp3) is 0.381. The molecule has 1 aliphatic carbocycles. The van der Waals surface area contributed by atoms with E-state index in [1.807, 2.05) is 49.4 Å².